The zero-order chi connectivity index (χ0) is 9.84. The molecule has 0 atom stereocenters. The molecule has 13 heavy (non-hydrogen) atoms. The van der Waals surface area contributed by atoms with Crippen LogP contribution >= 0.6 is 0 Å². The number of anilines is 1. The lowest BCUT2D eigenvalue weighted by atomic mass is 9.80. The standard InChI is InChI=1S/C8H13BN2O2/c1-6(2)11-8-7(9(12)13)4-3-5-10-8/h3-6,12-13H,1-2H3,(H,10,11). The normalized spacial score (nSPS) is 10.2. The molecule has 0 spiro atoms. The first-order valence-electron chi connectivity index (χ1n) is 4.19. The molecule has 1 rings (SSSR count). The van der Waals surface area contributed by atoms with Crippen LogP contribution in [-0.2, 0) is 0 Å². The summed E-state index contributed by atoms with van der Waals surface area (Å²) >= 11 is 0. The molecule has 4 nitrogen and oxygen atoms in total. The molecule has 0 radical (unpaired) electrons. The van der Waals surface area contributed by atoms with E-state index in [1.807, 2.05) is 13.8 Å². The Kier molecular flexibility index (Phi) is 3.28. The maximum Gasteiger partial charge on any atom is 0.492 e. The van der Waals surface area contributed by atoms with Crippen molar-refractivity contribution in [2.75, 3.05) is 5.32 Å². The van der Waals surface area contributed by atoms with Gasteiger partial charge in [0, 0.05) is 17.7 Å². The summed E-state index contributed by atoms with van der Waals surface area (Å²) in [6.45, 7) is 3.92. The first-order valence-corrected chi connectivity index (χ1v) is 4.19. The van der Waals surface area contributed by atoms with Gasteiger partial charge >= 0.3 is 7.12 Å². The van der Waals surface area contributed by atoms with E-state index in [4.69, 9.17) is 10.0 Å². The molecule has 0 fully saturated rings. The van der Waals surface area contributed by atoms with Crippen molar-refractivity contribution >= 4 is 18.4 Å². The van der Waals surface area contributed by atoms with Gasteiger partial charge in [0.25, 0.3) is 0 Å². The second-order valence-electron chi connectivity index (χ2n) is 3.11. The van der Waals surface area contributed by atoms with Crippen molar-refractivity contribution in [1.82, 2.24) is 4.98 Å². The highest BCUT2D eigenvalue weighted by atomic mass is 16.4. The van der Waals surface area contributed by atoms with Gasteiger partial charge in [0.2, 0.25) is 0 Å². The Morgan fingerprint density at radius 1 is 1.46 bits per heavy atom. The molecule has 1 aromatic rings. The van der Waals surface area contributed by atoms with E-state index in [1.54, 1.807) is 18.3 Å². The van der Waals surface area contributed by atoms with Crippen LogP contribution in [0.1, 0.15) is 13.8 Å². The summed E-state index contributed by atoms with van der Waals surface area (Å²) in [7, 11) is -1.48. The van der Waals surface area contributed by atoms with Crippen LogP contribution in [0.5, 0.6) is 0 Å². The Morgan fingerprint density at radius 2 is 2.15 bits per heavy atom. The quantitative estimate of drug-likeness (QED) is 0.553. The van der Waals surface area contributed by atoms with E-state index < -0.39 is 7.12 Å². The van der Waals surface area contributed by atoms with Gasteiger partial charge in [-0.15, -0.1) is 0 Å². The summed E-state index contributed by atoms with van der Waals surface area (Å²) in [4.78, 5) is 4.01. The van der Waals surface area contributed by atoms with Gasteiger partial charge in [-0.05, 0) is 19.9 Å². The van der Waals surface area contributed by atoms with Gasteiger partial charge < -0.3 is 15.4 Å². The molecular weight excluding hydrogens is 167 g/mol. The smallest absolute Gasteiger partial charge is 0.423 e. The van der Waals surface area contributed by atoms with Crippen LogP contribution in [0.25, 0.3) is 0 Å². The van der Waals surface area contributed by atoms with E-state index in [2.05, 4.69) is 10.3 Å². The van der Waals surface area contributed by atoms with E-state index >= 15 is 0 Å². The minimum absolute atomic E-state index is 0.215. The molecule has 0 unspecified atom stereocenters. The lowest BCUT2D eigenvalue weighted by molar-refractivity contribution is 0.426. The summed E-state index contributed by atoms with van der Waals surface area (Å²) < 4.78 is 0. The largest absolute Gasteiger partial charge is 0.492 e. The number of nitrogens with zero attached hydrogens (tertiary/aromatic N) is 1. The van der Waals surface area contributed by atoms with Crippen molar-refractivity contribution < 1.29 is 10.0 Å². The Bertz CT molecular complexity index is 279. The zero-order valence-electron chi connectivity index (χ0n) is 7.73. The van der Waals surface area contributed by atoms with Crippen LogP contribution in [-0.4, -0.2) is 28.2 Å². The monoisotopic (exact) mass is 180 g/mol. The van der Waals surface area contributed by atoms with Crippen molar-refractivity contribution in [3.8, 4) is 0 Å². The lowest BCUT2D eigenvalue weighted by Gasteiger charge is -2.12. The van der Waals surface area contributed by atoms with E-state index in [0.29, 0.717) is 11.3 Å². The molecule has 1 aromatic heterocycles. The Morgan fingerprint density at radius 3 is 2.69 bits per heavy atom. The minimum Gasteiger partial charge on any atom is -0.423 e. The minimum atomic E-state index is -1.48. The molecule has 0 amide bonds. The molecule has 3 N–H and O–H groups in total. The number of hydrogen-bond donors (Lipinski definition) is 3. The van der Waals surface area contributed by atoms with E-state index in [0.717, 1.165) is 0 Å². The molecule has 0 aliphatic carbocycles. The summed E-state index contributed by atoms with van der Waals surface area (Å²) in [5, 5.41) is 21.0. The van der Waals surface area contributed by atoms with E-state index in [-0.39, 0.29) is 6.04 Å². The van der Waals surface area contributed by atoms with Crippen molar-refractivity contribution in [3.05, 3.63) is 18.3 Å². The summed E-state index contributed by atoms with van der Waals surface area (Å²) in [5.74, 6) is 0.521. The van der Waals surface area contributed by atoms with Gasteiger partial charge in [-0.2, -0.15) is 0 Å². The number of hydrogen-bond acceptors (Lipinski definition) is 4. The van der Waals surface area contributed by atoms with Gasteiger partial charge in [-0.25, -0.2) is 4.98 Å². The maximum absolute atomic E-state index is 8.99. The van der Waals surface area contributed by atoms with Crippen LogP contribution < -0.4 is 10.8 Å². The second kappa shape index (κ2) is 4.25. The average Bonchev–Trinajstić information content (AvgIpc) is 2.03. The number of pyridine rings is 1. The molecule has 0 saturated heterocycles. The Hall–Kier alpha value is -1.07. The lowest BCUT2D eigenvalue weighted by Crippen LogP contribution is -2.34. The molecule has 0 bridgehead atoms. The Labute approximate surface area is 77.8 Å². The van der Waals surface area contributed by atoms with Crippen LogP contribution in [0.4, 0.5) is 5.82 Å². The van der Waals surface area contributed by atoms with E-state index in [9.17, 15) is 0 Å². The number of rotatable bonds is 3. The number of aromatic nitrogens is 1. The van der Waals surface area contributed by atoms with Gasteiger partial charge in [-0.1, -0.05) is 6.07 Å². The highest BCUT2D eigenvalue weighted by Crippen LogP contribution is 2.00. The first kappa shape index (κ1) is 10.0. The second-order valence-corrected chi connectivity index (χ2v) is 3.11. The highest BCUT2D eigenvalue weighted by Gasteiger charge is 2.16. The predicted molar refractivity (Wildman–Crippen MR) is 52.8 cm³/mol. The molecule has 1 heterocycles. The zero-order valence-corrected chi connectivity index (χ0v) is 7.73. The fourth-order valence-corrected chi connectivity index (χ4v) is 1.02. The fraction of sp³-hybridized carbons (Fsp3) is 0.375. The van der Waals surface area contributed by atoms with Crippen molar-refractivity contribution in [1.29, 1.82) is 0 Å². The van der Waals surface area contributed by atoms with Gasteiger partial charge in [0.1, 0.15) is 5.82 Å². The number of nitrogens with one attached hydrogen (secondary N) is 1. The third-order valence-corrected chi connectivity index (χ3v) is 1.54. The molecule has 5 heteroatoms. The maximum atomic E-state index is 8.99. The van der Waals surface area contributed by atoms with Gasteiger partial charge in [-0.3, -0.25) is 0 Å². The summed E-state index contributed by atoms with van der Waals surface area (Å²) in [6.07, 6.45) is 1.61. The topological polar surface area (TPSA) is 65.4 Å². The van der Waals surface area contributed by atoms with Crippen molar-refractivity contribution in [2.24, 2.45) is 0 Å². The third kappa shape index (κ3) is 2.71. The summed E-state index contributed by atoms with van der Waals surface area (Å²) in [5.41, 5.74) is 0.399. The molecule has 0 aliphatic heterocycles. The molecule has 0 aromatic carbocycles. The predicted octanol–water partition coefficient (Wildman–Crippen LogP) is -0.418. The summed E-state index contributed by atoms with van der Waals surface area (Å²) in [6, 6.07) is 3.51. The fourth-order valence-electron chi connectivity index (χ4n) is 1.02. The van der Waals surface area contributed by atoms with Crippen LogP contribution in [0, 0.1) is 0 Å². The Balaban J connectivity index is 2.91. The average molecular weight is 180 g/mol. The molecule has 0 aliphatic rings. The van der Waals surface area contributed by atoms with Crippen molar-refractivity contribution in [2.45, 2.75) is 19.9 Å². The first-order chi connectivity index (χ1) is 6.11. The van der Waals surface area contributed by atoms with Crippen molar-refractivity contribution in [3.63, 3.8) is 0 Å². The molecule has 0 saturated carbocycles. The highest BCUT2D eigenvalue weighted by molar-refractivity contribution is 6.60. The SMILES string of the molecule is CC(C)Nc1ncccc1B(O)O. The van der Waals surface area contributed by atoms with Gasteiger partial charge in [0.05, 0.1) is 0 Å². The van der Waals surface area contributed by atoms with Crippen LogP contribution in [0.3, 0.4) is 0 Å². The molecular formula is C8H13BN2O2. The van der Waals surface area contributed by atoms with Crippen LogP contribution in [0.15, 0.2) is 18.3 Å². The molecule has 70 valence electrons. The third-order valence-electron chi connectivity index (χ3n) is 1.54. The van der Waals surface area contributed by atoms with E-state index in [1.165, 1.54) is 0 Å². The van der Waals surface area contributed by atoms with Crippen LogP contribution in [0.2, 0.25) is 0 Å². The van der Waals surface area contributed by atoms with Gasteiger partial charge in [0.15, 0.2) is 0 Å².